The Morgan fingerprint density at radius 3 is 2.64 bits per heavy atom. The zero-order valence-corrected chi connectivity index (χ0v) is 7.78. The van der Waals surface area contributed by atoms with Crippen LogP contribution in [0.4, 0.5) is 0 Å². The fourth-order valence-electron chi connectivity index (χ4n) is 0.489. The van der Waals surface area contributed by atoms with Crippen molar-refractivity contribution in [2.75, 3.05) is 31.8 Å². The molecule has 0 rings (SSSR count). The first-order chi connectivity index (χ1) is 5.27. The first-order valence-corrected chi connectivity index (χ1v) is 4.87. The van der Waals surface area contributed by atoms with E-state index in [4.69, 9.17) is 4.74 Å². The van der Waals surface area contributed by atoms with E-state index in [2.05, 4.69) is 4.74 Å². The molecule has 0 heterocycles. The SMILES string of the molecule is CSCCOCCOC(C)=O. The van der Waals surface area contributed by atoms with Crippen molar-refractivity contribution in [1.29, 1.82) is 0 Å². The highest BCUT2D eigenvalue weighted by Crippen LogP contribution is 1.90. The molecule has 4 heteroatoms. The van der Waals surface area contributed by atoms with Gasteiger partial charge in [-0.25, -0.2) is 0 Å². The van der Waals surface area contributed by atoms with Crippen molar-refractivity contribution in [2.45, 2.75) is 6.92 Å². The van der Waals surface area contributed by atoms with Gasteiger partial charge in [0.25, 0.3) is 0 Å². The second-order valence-electron chi connectivity index (χ2n) is 1.95. The molecule has 0 aliphatic rings. The van der Waals surface area contributed by atoms with Gasteiger partial charge in [0.2, 0.25) is 0 Å². The van der Waals surface area contributed by atoms with Crippen LogP contribution in [0.25, 0.3) is 0 Å². The van der Waals surface area contributed by atoms with Gasteiger partial charge in [0.05, 0.1) is 13.2 Å². The van der Waals surface area contributed by atoms with Crippen LogP contribution in [0.1, 0.15) is 6.92 Å². The summed E-state index contributed by atoms with van der Waals surface area (Å²) in [4.78, 5) is 10.3. The van der Waals surface area contributed by atoms with Gasteiger partial charge in [-0.3, -0.25) is 4.79 Å². The van der Waals surface area contributed by atoms with Crippen molar-refractivity contribution in [3.8, 4) is 0 Å². The Morgan fingerprint density at radius 2 is 2.09 bits per heavy atom. The molecule has 0 unspecified atom stereocenters. The molecule has 0 aromatic carbocycles. The van der Waals surface area contributed by atoms with Crippen LogP contribution in [0, 0.1) is 0 Å². The van der Waals surface area contributed by atoms with Gasteiger partial charge in [-0.15, -0.1) is 0 Å². The van der Waals surface area contributed by atoms with Crippen LogP contribution < -0.4 is 0 Å². The fourth-order valence-corrected chi connectivity index (χ4v) is 0.773. The quantitative estimate of drug-likeness (QED) is 0.448. The first-order valence-electron chi connectivity index (χ1n) is 3.47. The molecule has 0 amide bonds. The maximum atomic E-state index is 10.3. The van der Waals surface area contributed by atoms with Crippen LogP contribution in [-0.2, 0) is 14.3 Å². The Labute approximate surface area is 71.4 Å². The molecule has 11 heavy (non-hydrogen) atoms. The van der Waals surface area contributed by atoms with Crippen LogP contribution in [0.15, 0.2) is 0 Å². The molecule has 0 atom stereocenters. The highest BCUT2D eigenvalue weighted by atomic mass is 32.2. The van der Waals surface area contributed by atoms with E-state index in [-0.39, 0.29) is 5.97 Å². The summed E-state index contributed by atoms with van der Waals surface area (Å²) in [6.45, 7) is 2.98. The lowest BCUT2D eigenvalue weighted by molar-refractivity contribution is -0.142. The molecule has 0 aromatic rings. The molecule has 0 bridgehead atoms. The molecule has 0 saturated carbocycles. The van der Waals surface area contributed by atoms with Gasteiger partial charge in [-0.1, -0.05) is 0 Å². The second-order valence-corrected chi connectivity index (χ2v) is 2.93. The number of hydrogen-bond acceptors (Lipinski definition) is 4. The van der Waals surface area contributed by atoms with Crippen molar-refractivity contribution in [3.05, 3.63) is 0 Å². The van der Waals surface area contributed by atoms with E-state index in [1.165, 1.54) is 6.92 Å². The number of carbonyl (C=O) groups excluding carboxylic acids is 1. The maximum Gasteiger partial charge on any atom is 0.302 e. The number of carbonyl (C=O) groups is 1. The Bertz CT molecular complexity index is 106. The highest BCUT2D eigenvalue weighted by molar-refractivity contribution is 7.98. The fraction of sp³-hybridized carbons (Fsp3) is 0.857. The second kappa shape index (κ2) is 7.88. The molecule has 0 N–H and O–H groups in total. The predicted octanol–water partition coefficient (Wildman–Crippen LogP) is 0.929. The number of rotatable bonds is 6. The van der Waals surface area contributed by atoms with Crippen molar-refractivity contribution < 1.29 is 14.3 Å². The van der Waals surface area contributed by atoms with Gasteiger partial charge in [0.15, 0.2) is 0 Å². The van der Waals surface area contributed by atoms with E-state index in [0.29, 0.717) is 13.2 Å². The molecule has 0 aliphatic heterocycles. The number of esters is 1. The van der Waals surface area contributed by atoms with Crippen molar-refractivity contribution >= 4 is 17.7 Å². The average Bonchev–Trinajstić information content (AvgIpc) is 1.96. The smallest absolute Gasteiger partial charge is 0.302 e. The third-order valence-electron chi connectivity index (χ3n) is 0.965. The van der Waals surface area contributed by atoms with Gasteiger partial charge < -0.3 is 9.47 Å². The summed E-state index contributed by atoms with van der Waals surface area (Å²) in [5.41, 5.74) is 0. The monoisotopic (exact) mass is 178 g/mol. The number of ether oxygens (including phenoxy) is 2. The lowest BCUT2D eigenvalue weighted by atomic mass is 10.7. The molecule has 0 aliphatic carbocycles. The van der Waals surface area contributed by atoms with E-state index >= 15 is 0 Å². The molecule has 0 radical (unpaired) electrons. The largest absolute Gasteiger partial charge is 0.463 e. The Balaban J connectivity index is 2.85. The third-order valence-corrected chi connectivity index (χ3v) is 1.54. The topological polar surface area (TPSA) is 35.5 Å². The third kappa shape index (κ3) is 9.78. The minimum absolute atomic E-state index is 0.251. The first kappa shape index (κ1) is 10.8. The molecule has 0 spiro atoms. The van der Waals surface area contributed by atoms with Crippen LogP contribution in [-0.4, -0.2) is 37.8 Å². The van der Waals surface area contributed by atoms with Crippen molar-refractivity contribution in [1.82, 2.24) is 0 Å². The summed E-state index contributed by atoms with van der Waals surface area (Å²) in [5, 5.41) is 0. The van der Waals surface area contributed by atoms with Gasteiger partial charge in [-0.05, 0) is 6.26 Å². The van der Waals surface area contributed by atoms with Crippen LogP contribution >= 0.6 is 11.8 Å². The van der Waals surface area contributed by atoms with E-state index in [1.54, 1.807) is 11.8 Å². The van der Waals surface area contributed by atoms with Gasteiger partial charge >= 0.3 is 5.97 Å². The zero-order valence-electron chi connectivity index (χ0n) is 6.96. The maximum absolute atomic E-state index is 10.3. The van der Waals surface area contributed by atoms with E-state index in [9.17, 15) is 4.79 Å². The summed E-state index contributed by atoms with van der Waals surface area (Å²) in [5.74, 6) is 0.735. The number of thioether (sulfide) groups is 1. The minimum Gasteiger partial charge on any atom is -0.463 e. The van der Waals surface area contributed by atoms with Gasteiger partial charge in [0, 0.05) is 12.7 Å². The highest BCUT2D eigenvalue weighted by Gasteiger charge is 1.91. The molecule has 0 fully saturated rings. The van der Waals surface area contributed by atoms with Crippen LogP contribution in [0.2, 0.25) is 0 Å². The Morgan fingerprint density at radius 1 is 1.36 bits per heavy atom. The summed E-state index contributed by atoms with van der Waals surface area (Å²) >= 11 is 1.73. The van der Waals surface area contributed by atoms with Crippen LogP contribution in [0.5, 0.6) is 0 Å². The molecule has 0 saturated heterocycles. The summed E-state index contributed by atoms with van der Waals surface area (Å²) < 4.78 is 9.78. The lowest BCUT2D eigenvalue weighted by Gasteiger charge is -2.02. The zero-order chi connectivity index (χ0) is 8.53. The van der Waals surface area contributed by atoms with E-state index in [0.717, 1.165) is 12.4 Å². The van der Waals surface area contributed by atoms with E-state index in [1.807, 2.05) is 6.26 Å². The Hall–Kier alpha value is -0.220. The average molecular weight is 178 g/mol. The van der Waals surface area contributed by atoms with E-state index < -0.39 is 0 Å². The van der Waals surface area contributed by atoms with Crippen LogP contribution in [0.3, 0.4) is 0 Å². The normalized spacial score (nSPS) is 9.64. The Kier molecular flexibility index (Phi) is 7.72. The molecule has 0 aromatic heterocycles. The van der Waals surface area contributed by atoms with Crippen molar-refractivity contribution in [2.24, 2.45) is 0 Å². The van der Waals surface area contributed by atoms with Gasteiger partial charge in [0.1, 0.15) is 6.61 Å². The van der Waals surface area contributed by atoms with Gasteiger partial charge in [-0.2, -0.15) is 11.8 Å². The minimum atomic E-state index is -0.251. The summed E-state index contributed by atoms with van der Waals surface area (Å²) in [7, 11) is 0. The number of hydrogen-bond donors (Lipinski definition) is 0. The summed E-state index contributed by atoms with van der Waals surface area (Å²) in [6, 6.07) is 0. The molecular weight excluding hydrogens is 164 g/mol. The predicted molar refractivity (Wildman–Crippen MR) is 45.8 cm³/mol. The summed E-state index contributed by atoms with van der Waals surface area (Å²) in [6.07, 6.45) is 2.02. The molecular formula is C7H14O3S. The molecule has 66 valence electrons. The standard InChI is InChI=1S/C7H14O3S/c1-7(8)10-4-3-9-5-6-11-2/h3-6H2,1-2H3. The lowest BCUT2D eigenvalue weighted by Crippen LogP contribution is -2.08. The van der Waals surface area contributed by atoms with Crippen molar-refractivity contribution in [3.63, 3.8) is 0 Å². The molecule has 3 nitrogen and oxygen atoms in total.